The molecule has 0 spiro atoms. The third kappa shape index (κ3) is 2.85. The van der Waals surface area contributed by atoms with Gasteiger partial charge in [0.25, 0.3) is 0 Å². The van der Waals surface area contributed by atoms with Crippen LogP contribution in [-0.4, -0.2) is 47.1 Å². The lowest BCUT2D eigenvalue weighted by atomic mass is 9.93. The minimum absolute atomic E-state index is 0.464. The van der Waals surface area contributed by atoms with Gasteiger partial charge >= 0.3 is 0 Å². The molecule has 1 aliphatic heterocycles. The molecule has 128 valence electrons. The maximum absolute atomic E-state index is 4.94. The lowest BCUT2D eigenvalue weighted by molar-refractivity contribution is 0.488. The smallest absolute Gasteiger partial charge is 0.227 e. The van der Waals surface area contributed by atoms with Crippen molar-refractivity contribution in [1.29, 1.82) is 0 Å². The van der Waals surface area contributed by atoms with Crippen molar-refractivity contribution in [2.45, 2.75) is 44.4 Å². The van der Waals surface area contributed by atoms with Crippen molar-refractivity contribution in [1.82, 2.24) is 19.9 Å². The molecule has 1 atom stereocenters. The van der Waals surface area contributed by atoms with Crippen LogP contribution in [-0.2, 0) is 12.8 Å². The standard InChI is InChI=1S/C18H26N6/c1-23(2)18-21-15-8-4-3-7-14(15)17(22-18)24-11-5-6-13(12-24)16-19-9-10-20-16/h9-10,13H,3-8,11-12H2,1-2H3,(H,19,20). The Morgan fingerprint density at radius 3 is 2.83 bits per heavy atom. The first-order valence-corrected chi connectivity index (χ1v) is 9.03. The van der Waals surface area contributed by atoms with Crippen LogP contribution in [0, 0.1) is 0 Å². The van der Waals surface area contributed by atoms with E-state index in [9.17, 15) is 0 Å². The third-order valence-corrected chi connectivity index (χ3v) is 5.18. The highest BCUT2D eigenvalue weighted by molar-refractivity contribution is 5.54. The molecule has 1 fully saturated rings. The number of hydrogen-bond donors (Lipinski definition) is 1. The van der Waals surface area contributed by atoms with Gasteiger partial charge in [-0.15, -0.1) is 0 Å². The van der Waals surface area contributed by atoms with E-state index in [1.54, 1.807) is 0 Å². The topological polar surface area (TPSA) is 60.9 Å². The van der Waals surface area contributed by atoms with Gasteiger partial charge in [0.2, 0.25) is 5.95 Å². The molecular formula is C18H26N6. The van der Waals surface area contributed by atoms with Crippen LogP contribution in [0.3, 0.4) is 0 Å². The first-order chi connectivity index (χ1) is 11.7. The molecule has 1 saturated heterocycles. The molecule has 1 unspecified atom stereocenters. The first kappa shape index (κ1) is 15.4. The second-order valence-corrected chi connectivity index (χ2v) is 7.13. The zero-order chi connectivity index (χ0) is 16.5. The van der Waals surface area contributed by atoms with E-state index in [4.69, 9.17) is 9.97 Å². The summed E-state index contributed by atoms with van der Waals surface area (Å²) in [4.78, 5) is 22.0. The Bertz CT molecular complexity index is 694. The number of aromatic nitrogens is 4. The third-order valence-electron chi connectivity index (χ3n) is 5.18. The molecule has 2 aliphatic rings. The fourth-order valence-electron chi connectivity index (χ4n) is 3.92. The van der Waals surface area contributed by atoms with Gasteiger partial charge in [0.15, 0.2) is 0 Å². The van der Waals surface area contributed by atoms with Gasteiger partial charge in [-0.25, -0.2) is 9.97 Å². The number of nitrogens with zero attached hydrogens (tertiary/aromatic N) is 5. The minimum atomic E-state index is 0.464. The summed E-state index contributed by atoms with van der Waals surface area (Å²) >= 11 is 0. The van der Waals surface area contributed by atoms with E-state index in [-0.39, 0.29) is 0 Å². The zero-order valence-corrected chi connectivity index (χ0v) is 14.6. The number of piperidine rings is 1. The number of imidazole rings is 1. The van der Waals surface area contributed by atoms with Gasteiger partial charge in [-0.2, -0.15) is 4.98 Å². The largest absolute Gasteiger partial charge is 0.355 e. The zero-order valence-electron chi connectivity index (χ0n) is 14.6. The summed E-state index contributed by atoms with van der Waals surface area (Å²) < 4.78 is 0. The monoisotopic (exact) mass is 326 g/mol. The average Bonchev–Trinajstić information content (AvgIpc) is 3.15. The molecule has 24 heavy (non-hydrogen) atoms. The normalized spacial score (nSPS) is 20.8. The summed E-state index contributed by atoms with van der Waals surface area (Å²) in [5.74, 6) is 3.58. The molecule has 0 bridgehead atoms. The average molecular weight is 326 g/mol. The van der Waals surface area contributed by atoms with Crippen molar-refractivity contribution >= 4 is 11.8 Å². The number of anilines is 2. The van der Waals surface area contributed by atoms with Crippen molar-refractivity contribution in [2.24, 2.45) is 0 Å². The van der Waals surface area contributed by atoms with Gasteiger partial charge in [-0.05, 0) is 38.5 Å². The van der Waals surface area contributed by atoms with Gasteiger partial charge in [-0.3, -0.25) is 0 Å². The van der Waals surface area contributed by atoms with Crippen LogP contribution in [0.2, 0.25) is 0 Å². The molecule has 1 N–H and O–H groups in total. The molecule has 0 radical (unpaired) electrons. The molecule has 6 nitrogen and oxygen atoms in total. The van der Waals surface area contributed by atoms with Crippen molar-refractivity contribution < 1.29 is 0 Å². The Labute approximate surface area is 143 Å². The van der Waals surface area contributed by atoms with Crippen LogP contribution in [0.4, 0.5) is 11.8 Å². The summed E-state index contributed by atoms with van der Waals surface area (Å²) in [5.41, 5.74) is 2.64. The van der Waals surface area contributed by atoms with Crippen molar-refractivity contribution in [3.8, 4) is 0 Å². The highest BCUT2D eigenvalue weighted by atomic mass is 15.3. The summed E-state index contributed by atoms with van der Waals surface area (Å²) in [5, 5.41) is 0. The van der Waals surface area contributed by atoms with E-state index in [1.807, 2.05) is 31.4 Å². The van der Waals surface area contributed by atoms with E-state index in [2.05, 4.69) is 14.9 Å². The predicted octanol–water partition coefficient (Wildman–Crippen LogP) is 2.53. The van der Waals surface area contributed by atoms with E-state index < -0.39 is 0 Å². The summed E-state index contributed by atoms with van der Waals surface area (Å²) in [6, 6.07) is 0. The van der Waals surface area contributed by atoms with Gasteiger partial charge < -0.3 is 14.8 Å². The van der Waals surface area contributed by atoms with E-state index >= 15 is 0 Å². The molecule has 2 aromatic heterocycles. The maximum Gasteiger partial charge on any atom is 0.227 e. The Morgan fingerprint density at radius 1 is 1.17 bits per heavy atom. The highest BCUT2D eigenvalue weighted by Crippen LogP contribution is 2.33. The van der Waals surface area contributed by atoms with Gasteiger partial charge in [0.05, 0.1) is 5.69 Å². The van der Waals surface area contributed by atoms with Crippen LogP contribution >= 0.6 is 0 Å². The number of nitrogens with one attached hydrogen (secondary N) is 1. The molecule has 6 heteroatoms. The van der Waals surface area contributed by atoms with Crippen LogP contribution in [0.1, 0.15) is 48.7 Å². The number of aromatic amines is 1. The minimum Gasteiger partial charge on any atom is -0.355 e. The molecule has 1 aliphatic carbocycles. The number of fused-ring (bicyclic) bond motifs is 1. The van der Waals surface area contributed by atoms with E-state index in [0.29, 0.717) is 5.92 Å². The quantitative estimate of drug-likeness (QED) is 0.939. The molecular weight excluding hydrogens is 300 g/mol. The Kier molecular flexibility index (Phi) is 4.12. The first-order valence-electron chi connectivity index (χ1n) is 9.03. The second kappa shape index (κ2) is 6.42. The highest BCUT2D eigenvalue weighted by Gasteiger charge is 2.28. The molecule has 0 amide bonds. The number of H-pyrrole nitrogens is 1. The fraction of sp³-hybridized carbons (Fsp3) is 0.611. The Hall–Kier alpha value is -2.11. The van der Waals surface area contributed by atoms with Gasteiger partial charge in [0.1, 0.15) is 11.6 Å². The SMILES string of the molecule is CN(C)c1nc2c(c(N3CCCC(c4ncc[nH]4)C3)n1)CCCC2. The van der Waals surface area contributed by atoms with Crippen LogP contribution < -0.4 is 9.80 Å². The van der Waals surface area contributed by atoms with Crippen LogP contribution in [0.15, 0.2) is 12.4 Å². The predicted molar refractivity (Wildman–Crippen MR) is 95.8 cm³/mol. The lowest BCUT2D eigenvalue weighted by Gasteiger charge is -2.35. The molecule has 4 rings (SSSR count). The lowest BCUT2D eigenvalue weighted by Crippen LogP contribution is -2.37. The number of aryl methyl sites for hydroxylation is 1. The molecule has 2 aromatic rings. The van der Waals surface area contributed by atoms with Gasteiger partial charge in [-0.1, -0.05) is 0 Å². The van der Waals surface area contributed by atoms with Crippen molar-refractivity contribution in [3.63, 3.8) is 0 Å². The van der Waals surface area contributed by atoms with Crippen LogP contribution in [0.5, 0.6) is 0 Å². The Morgan fingerprint density at radius 2 is 2.04 bits per heavy atom. The summed E-state index contributed by atoms with van der Waals surface area (Å²) in [7, 11) is 4.05. The molecule has 0 saturated carbocycles. The fourth-order valence-corrected chi connectivity index (χ4v) is 3.92. The van der Waals surface area contributed by atoms with Crippen molar-refractivity contribution in [2.75, 3.05) is 37.0 Å². The van der Waals surface area contributed by atoms with Crippen LogP contribution in [0.25, 0.3) is 0 Å². The second-order valence-electron chi connectivity index (χ2n) is 7.13. The summed E-state index contributed by atoms with van der Waals surface area (Å²) in [6.07, 6.45) is 10.8. The molecule has 0 aromatic carbocycles. The van der Waals surface area contributed by atoms with E-state index in [1.165, 1.54) is 42.8 Å². The maximum atomic E-state index is 4.94. The summed E-state index contributed by atoms with van der Waals surface area (Å²) in [6.45, 7) is 2.07. The number of rotatable bonds is 3. The van der Waals surface area contributed by atoms with E-state index in [0.717, 1.165) is 37.7 Å². The number of hydrogen-bond acceptors (Lipinski definition) is 5. The van der Waals surface area contributed by atoms with Crippen molar-refractivity contribution in [3.05, 3.63) is 29.5 Å². The van der Waals surface area contributed by atoms with Gasteiger partial charge in [0, 0.05) is 51.1 Å². The Balaban J connectivity index is 1.68. The molecule has 3 heterocycles.